The SMILES string of the molecule is CC(C)[CH2][Al]([CH2]C(C)C)[N](C(=NC1CCCCC1)/C(=C\N1CCN(C)CC1)[Si](C)(C)C)C1CCCCC1. The number of hydrogen-bond donors (Lipinski definition) is 0. The summed E-state index contributed by atoms with van der Waals surface area (Å²) in [4.78, 5) is 11.0. The number of hydrogen-bond acceptors (Lipinski definition) is 3. The summed E-state index contributed by atoms with van der Waals surface area (Å²) in [6.07, 6.45) is 16.4. The molecule has 3 rings (SSSR count). The highest BCUT2D eigenvalue weighted by Crippen LogP contribution is 2.33. The largest absolute Gasteiger partial charge is 0.445 e. The Morgan fingerprint density at radius 1 is 0.838 bits per heavy atom. The lowest BCUT2D eigenvalue weighted by Gasteiger charge is -2.45. The molecule has 4 nitrogen and oxygen atoms in total. The molecule has 1 aliphatic heterocycles. The maximum absolute atomic E-state index is 5.90. The summed E-state index contributed by atoms with van der Waals surface area (Å²) in [6.45, 7) is 22.3. The van der Waals surface area contributed by atoms with E-state index in [0.717, 1.165) is 31.0 Å². The average Bonchev–Trinajstić information content (AvgIpc) is 2.83. The van der Waals surface area contributed by atoms with Crippen LogP contribution in [0.5, 0.6) is 0 Å². The van der Waals surface area contributed by atoms with Crippen LogP contribution in [0.4, 0.5) is 0 Å². The molecule has 2 aliphatic carbocycles. The number of aliphatic imine (C=N–C) groups is 1. The second kappa shape index (κ2) is 14.9. The number of amidine groups is 1. The highest BCUT2D eigenvalue weighted by atomic mass is 28.3. The molecule has 0 bridgehead atoms. The van der Waals surface area contributed by atoms with E-state index in [1.165, 1.54) is 93.7 Å². The zero-order valence-corrected chi connectivity index (χ0v) is 28.2. The van der Waals surface area contributed by atoms with Crippen LogP contribution in [0, 0.1) is 11.8 Å². The highest BCUT2D eigenvalue weighted by molar-refractivity contribution is 6.88. The lowest BCUT2D eigenvalue weighted by Crippen LogP contribution is -2.55. The van der Waals surface area contributed by atoms with Gasteiger partial charge < -0.3 is 13.7 Å². The summed E-state index contributed by atoms with van der Waals surface area (Å²) in [7, 11) is 0.641. The van der Waals surface area contributed by atoms with Gasteiger partial charge in [0.2, 0.25) is 0 Å². The molecule has 6 heteroatoms. The van der Waals surface area contributed by atoms with Gasteiger partial charge in [-0.25, -0.2) is 0 Å². The zero-order valence-electron chi connectivity index (χ0n) is 26.1. The fourth-order valence-corrected chi connectivity index (χ4v) is 12.6. The first kappa shape index (κ1) is 31.2. The van der Waals surface area contributed by atoms with Crippen molar-refractivity contribution in [2.24, 2.45) is 16.8 Å². The summed E-state index contributed by atoms with van der Waals surface area (Å²) in [6, 6.07) is 1.26. The number of nitrogens with zero attached hydrogens (tertiary/aromatic N) is 4. The van der Waals surface area contributed by atoms with Gasteiger partial charge in [0, 0.05) is 38.4 Å². The molecule has 1 heterocycles. The summed E-state index contributed by atoms with van der Waals surface area (Å²) in [5.41, 5.74) is 0. The van der Waals surface area contributed by atoms with Gasteiger partial charge in [-0.15, -0.1) is 0 Å². The molecule has 0 aromatic heterocycles. The minimum Gasteiger partial charge on any atom is -0.445 e. The predicted molar refractivity (Wildman–Crippen MR) is 169 cm³/mol. The van der Waals surface area contributed by atoms with Crippen LogP contribution in [0.3, 0.4) is 0 Å². The number of rotatable bonds is 10. The predicted octanol–water partition coefficient (Wildman–Crippen LogP) is 7.66. The van der Waals surface area contributed by atoms with E-state index >= 15 is 0 Å². The minimum absolute atomic E-state index is 0.537. The quantitative estimate of drug-likeness (QED) is 0.160. The van der Waals surface area contributed by atoms with Gasteiger partial charge in [0.1, 0.15) is 5.84 Å². The van der Waals surface area contributed by atoms with E-state index in [2.05, 4.69) is 74.3 Å². The van der Waals surface area contributed by atoms with Gasteiger partial charge in [-0.05, 0) is 37.9 Å². The van der Waals surface area contributed by atoms with Crippen LogP contribution in [0.15, 0.2) is 16.4 Å². The van der Waals surface area contributed by atoms with E-state index in [9.17, 15) is 0 Å². The summed E-state index contributed by atoms with van der Waals surface area (Å²) in [5.74, 6) is 3.05. The van der Waals surface area contributed by atoms with Crippen LogP contribution < -0.4 is 0 Å². The first-order chi connectivity index (χ1) is 17.5. The van der Waals surface area contributed by atoms with Gasteiger partial charge in [-0.3, -0.25) is 4.99 Å². The van der Waals surface area contributed by atoms with Gasteiger partial charge in [0.15, 0.2) is 0 Å². The van der Waals surface area contributed by atoms with Crippen molar-refractivity contribution in [3.05, 3.63) is 11.4 Å². The molecule has 2 saturated carbocycles. The molecule has 0 aromatic carbocycles. The first-order valence-electron chi connectivity index (χ1n) is 16.1. The van der Waals surface area contributed by atoms with Crippen LogP contribution in [0.1, 0.15) is 91.9 Å². The van der Waals surface area contributed by atoms with Crippen molar-refractivity contribution in [2.45, 2.75) is 134 Å². The molecule has 1 saturated heterocycles. The van der Waals surface area contributed by atoms with E-state index in [0.29, 0.717) is 6.04 Å². The summed E-state index contributed by atoms with van der Waals surface area (Å²) in [5, 5.41) is 4.51. The Balaban J connectivity index is 2.13. The minimum atomic E-state index is -1.63. The molecule has 3 aliphatic rings. The summed E-state index contributed by atoms with van der Waals surface area (Å²) < 4.78 is 3.12. The smallest absolute Gasteiger partial charge is 0.416 e. The molecule has 0 N–H and O–H groups in total. The maximum atomic E-state index is 5.90. The van der Waals surface area contributed by atoms with E-state index in [4.69, 9.17) is 4.99 Å². The zero-order chi connectivity index (χ0) is 27.0. The van der Waals surface area contributed by atoms with Gasteiger partial charge in [-0.1, -0.05) is 108 Å². The third-order valence-corrected chi connectivity index (χ3v) is 15.3. The second-order valence-corrected chi connectivity index (χ2v) is 22.3. The normalized spacial score (nSPS) is 22.3. The van der Waals surface area contributed by atoms with Crippen molar-refractivity contribution in [3.8, 4) is 0 Å². The first-order valence-corrected chi connectivity index (χ1v) is 21.7. The topological polar surface area (TPSA) is 22.1 Å². The van der Waals surface area contributed by atoms with Crippen molar-refractivity contribution >= 4 is 28.3 Å². The number of likely N-dealkylation sites (N-methyl/N-ethyl adjacent to an activating group) is 1. The Bertz CT molecular complexity index is 714. The lowest BCUT2D eigenvalue weighted by molar-refractivity contribution is 0.198. The molecule has 212 valence electrons. The Morgan fingerprint density at radius 2 is 1.35 bits per heavy atom. The van der Waals surface area contributed by atoms with Crippen molar-refractivity contribution in [2.75, 3.05) is 33.2 Å². The molecular formula is C31H61AlN4Si. The monoisotopic (exact) mass is 544 g/mol. The third kappa shape index (κ3) is 10.0. The van der Waals surface area contributed by atoms with Crippen LogP contribution >= 0.6 is 0 Å². The van der Waals surface area contributed by atoms with Gasteiger partial charge in [0.05, 0.1) is 14.1 Å². The standard InChI is InChI=1S/C23H43N4Si.2C4H9.Al/c1-26-15-17-27(18-16-26)19-22(28(2,3)4)23(24-20-11-7-5-8-12-20)25-21-13-9-6-10-14-21;2*1-4(2)3;/h19-21H,5-18H2,1-4H3;2*4H,1H2,2-3H3;/q-1;;;+1/b22-19+;;;. The second-order valence-electron chi connectivity index (χ2n) is 14.5. The Kier molecular flexibility index (Phi) is 12.6. The fourth-order valence-electron chi connectivity index (χ4n) is 6.79. The van der Waals surface area contributed by atoms with Gasteiger partial charge in [-0.2, -0.15) is 0 Å². The molecule has 3 fully saturated rings. The Labute approximate surface area is 237 Å². The van der Waals surface area contributed by atoms with Crippen molar-refractivity contribution in [1.29, 1.82) is 0 Å². The maximum Gasteiger partial charge on any atom is 0.416 e. The molecule has 37 heavy (non-hydrogen) atoms. The van der Waals surface area contributed by atoms with E-state index in [-0.39, 0.29) is 0 Å². The molecular weight excluding hydrogens is 483 g/mol. The molecule has 0 amide bonds. The Hall–Kier alpha value is -0.281. The number of piperazine rings is 1. The third-order valence-electron chi connectivity index (χ3n) is 8.87. The van der Waals surface area contributed by atoms with E-state index < -0.39 is 22.4 Å². The molecule has 0 radical (unpaired) electrons. The van der Waals surface area contributed by atoms with Crippen LogP contribution in [0.2, 0.25) is 30.2 Å². The lowest BCUT2D eigenvalue weighted by atomic mass is 9.95. The summed E-state index contributed by atoms with van der Waals surface area (Å²) >= 11 is -1.20. The van der Waals surface area contributed by atoms with Crippen LogP contribution in [0.25, 0.3) is 0 Å². The van der Waals surface area contributed by atoms with E-state index in [1.54, 1.807) is 5.20 Å². The van der Waals surface area contributed by atoms with Crippen molar-refractivity contribution in [1.82, 2.24) is 13.7 Å². The van der Waals surface area contributed by atoms with E-state index in [1.807, 2.05) is 0 Å². The molecule has 0 aromatic rings. The van der Waals surface area contributed by atoms with Crippen molar-refractivity contribution in [3.63, 3.8) is 0 Å². The molecule has 0 spiro atoms. The van der Waals surface area contributed by atoms with Gasteiger partial charge in [0.25, 0.3) is 0 Å². The fraction of sp³-hybridized carbons (Fsp3) is 0.903. The highest BCUT2D eigenvalue weighted by Gasteiger charge is 2.40. The average molecular weight is 545 g/mol. The molecule has 0 unspecified atom stereocenters. The molecule has 0 atom stereocenters. The Morgan fingerprint density at radius 3 is 1.84 bits per heavy atom. The van der Waals surface area contributed by atoms with Gasteiger partial charge >= 0.3 is 14.4 Å². The van der Waals surface area contributed by atoms with Crippen LogP contribution in [-0.2, 0) is 0 Å². The van der Waals surface area contributed by atoms with Crippen molar-refractivity contribution < 1.29 is 0 Å². The van der Waals surface area contributed by atoms with Crippen LogP contribution in [-0.4, -0.2) is 87.3 Å².